The molecule has 0 aromatic heterocycles. The first-order valence-electron chi connectivity index (χ1n) is 22.8. The highest BCUT2D eigenvalue weighted by molar-refractivity contribution is 5.84. The Morgan fingerprint density at radius 3 is 1.95 bits per heavy atom. The molecule has 10 saturated carbocycles. The summed E-state index contributed by atoms with van der Waals surface area (Å²) in [4.78, 5) is 57.1. The summed E-state index contributed by atoms with van der Waals surface area (Å²) in [6, 6.07) is 0. The molecule has 11 fully saturated rings. The number of hydrogen-bond acceptors (Lipinski definition) is 9. The topological polar surface area (TPSA) is 125 Å². The van der Waals surface area contributed by atoms with E-state index in [1.165, 1.54) is 19.3 Å². The van der Waals surface area contributed by atoms with Gasteiger partial charge in [-0.05, 0) is 173 Å². The summed E-state index contributed by atoms with van der Waals surface area (Å²) in [5, 5.41) is 11.6. The van der Waals surface area contributed by atoms with E-state index in [-0.39, 0.29) is 36.0 Å². The first-order chi connectivity index (χ1) is 27.1. The summed E-state index contributed by atoms with van der Waals surface area (Å²) >= 11 is 0. The maximum atomic E-state index is 14.9. The summed E-state index contributed by atoms with van der Waals surface area (Å²) in [6.07, 6.45) is 3.55. The van der Waals surface area contributed by atoms with Crippen LogP contribution < -0.4 is 0 Å². The van der Waals surface area contributed by atoms with Gasteiger partial charge in [0.1, 0.15) is 23.4 Å². The van der Waals surface area contributed by atoms with Crippen LogP contribution in [0.3, 0.4) is 0 Å². The van der Waals surface area contributed by atoms with Crippen molar-refractivity contribution in [2.45, 2.75) is 200 Å². The van der Waals surface area contributed by atoms with Gasteiger partial charge < -0.3 is 24.1 Å². The summed E-state index contributed by atoms with van der Waals surface area (Å²) < 4.78 is 68.1. The van der Waals surface area contributed by atoms with Crippen LogP contribution in [0.4, 0.5) is 13.2 Å². The SMILES string of the molecule is CCC(C)(CC(C)(CC(C)(C)C(=O)OC12CC3CC(C)(CC(O)(C3)C1)C2)C(=O)OC1C2CC3C1OC(=O)C3(C(F)(F)F)C2)C(=O)OC(C)(C)C12CC3CC(CC(C3)C1)C2. The van der Waals surface area contributed by atoms with E-state index in [4.69, 9.17) is 18.9 Å². The van der Waals surface area contributed by atoms with Crippen LogP contribution in [-0.4, -0.2) is 64.2 Å². The van der Waals surface area contributed by atoms with Gasteiger partial charge in [0.25, 0.3) is 0 Å². The van der Waals surface area contributed by atoms with Crippen molar-refractivity contribution >= 4 is 23.9 Å². The summed E-state index contributed by atoms with van der Waals surface area (Å²) in [6.45, 7) is 15.1. The monoisotopic (exact) mass is 832 g/mol. The van der Waals surface area contributed by atoms with Gasteiger partial charge in [0.15, 0.2) is 5.41 Å². The van der Waals surface area contributed by atoms with Crippen LogP contribution in [0.1, 0.15) is 165 Å². The van der Waals surface area contributed by atoms with Gasteiger partial charge in [-0.3, -0.25) is 19.2 Å². The van der Waals surface area contributed by atoms with E-state index in [0.29, 0.717) is 56.3 Å². The largest absolute Gasteiger partial charge is 0.459 e. The zero-order valence-electron chi connectivity index (χ0n) is 36.5. The quantitative estimate of drug-likeness (QED) is 0.151. The number of ether oxygens (including phenoxy) is 4. The highest BCUT2D eigenvalue weighted by atomic mass is 19.4. The molecule has 10 bridgehead atoms. The van der Waals surface area contributed by atoms with Crippen LogP contribution >= 0.6 is 0 Å². The van der Waals surface area contributed by atoms with E-state index in [2.05, 4.69) is 6.92 Å². The highest BCUT2D eigenvalue weighted by Gasteiger charge is 2.80. The lowest BCUT2D eigenvalue weighted by Gasteiger charge is -2.63. The van der Waals surface area contributed by atoms with E-state index in [1.54, 1.807) is 27.7 Å². The van der Waals surface area contributed by atoms with Crippen molar-refractivity contribution < 1.29 is 56.4 Å². The Kier molecular flexibility index (Phi) is 8.99. The fraction of sp³-hybridized carbons (Fsp3) is 0.915. The number of carbonyl (C=O) groups excluding carboxylic acids is 4. The molecule has 11 unspecified atom stereocenters. The number of hydrogen-bond donors (Lipinski definition) is 1. The Morgan fingerprint density at radius 1 is 0.763 bits per heavy atom. The van der Waals surface area contributed by atoms with Crippen molar-refractivity contribution in [3.8, 4) is 0 Å². The second kappa shape index (κ2) is 12.6. The van der Waals surface area contributed by atoms with Gasteiger partial charge in [-0.2, -0.15) is 13.2 Å². The van der Waals surface area contributed by atoms with Crippen molar-refractivity contribution in [2.75, 3.05) is 0 Å². The lowest BCUT2D eigenvalue weighted by Crippen LogP contribution is -2.64. The summed E-state index contributed by atoms with van der Waals surface area (Å²) in [5.74, 6) is -2.67. The van der Waals surface area contributed by atoms with Gasteiger partial charge in [-0.1, -0.05) is 13.8 Å². The lowest BCUT2D eigenvalue weighted by molar-refractivity contribution is -0.244. The molecule has 0 aromatic carbocycles. The van der Waals surface area contributed by atoms with Crippen LogP contribution in [0.5, 0.6) is 0 Å². The molecule has 330 valence electrons. The molecule has 10 aliphatic carbocycles. The minimum absolute atomic E-state index is 0.0507. The number of halogens is 3. The number of alkyl halides is 3. The molecule has 0 radical (unpaired) electrons. The number of esters is 4. The number of rotatable bonds is 12. The van der Waals surface area contributed by atoms with Crippen molar-refractivity contribution in [1.82, 2.24) is 0 Å². The maximum absolute atomic E-state index is 14.9. The second-order valence-corrected chi connectivity index (χ2v) is 24.4. The summed E-state index contributed by atoms with van der Waals surface area (Å²) in [5.41, 5.74) is -9.31. The lowest BCUT2D eigenvalue weighted by atomic mass is 9.46. The van der Waals surface area contributed by atoms with E-state index in [1.807, 2.05) is 20.8 Å². The van der Waals surface area contributed by atoms with Gasteiger partial charge in [0.05, 0.1) is 21.8 Å². The van der Waals surface area contributed by atoms with E-state index >= 15 is 0 Å². The molecule has 0 amide bonds. The van der Waals surface area contributed by atoms with E-state index < -0.39 is 99.0 Å². The molecule has 1 aliphatic heterocycles. The Morgan fingerprint density at radius 2 is 1.39 bits per heavy atom. The average molecular weight is 833 g/mol. The smallest absolute Gasteiger partial charge is 0.405 e. The predicted octanol–water partition coefficient (Wildman–Crippen LogP) is 9.20. The Hall–Kier alpha value is -2.37. The molecule has 12 heteroatoms. The minimum Gasteiger partial charge on any atom is -0.459 e. The molecule has 1 saturated heterocycles. The molecule has 11 atom stereocenters. The molecule has 0 aromatic rings. The molecule has 1 heterocycles. The fourth-order valence-corrected chi connectivity index (χ4v) is 16.8. The van der Waals surface area contributed by atoms with Crippen LogP contribution in [0.2, 0.25) is 0 Å². The Bertz CT molecular complexity index is 1770. The molecular formula is C47H67F3O9. The van der Waals surface area contributed by atoms with Gasteiger partial charge in [0, 0.05) is 23.7 Å². The molecule has 0 spiro atoms. The third-order valence-corrected chi connectivity index (χ3v) is 18.5. The first-order valence-corrected chi connectivity index (χ1v) is 22.8. The molecule has 11 aliphatic rings. The van der Waals surface area contributed by atoms with Gasteiger partial charge in [0.2, 0.25) is 0 Å². The molecule has 59 heavy (non-hydrogen) atoms. The summed E-state index contributed by atoms with van der Waals surface area (Å²) in [7, 11) is 0. The van der Waals surface area contributed by atoms with Gasteiger partial charge >= 0.3 is 30.1 Å². The first kappa shape index (κ1) is 42.0. The number of aliphatic hydroxyl groups is 1. The van der Waals surface area contributed by atoms with E-state index in [9.17, 15) is 37.5 Å². The standard InChI is InChI=1S/C47H67F3O9/c1-9-41(7,36(53)58-39(4,5)43-15-26-10-27(16-43)12-28(11-26)17-43)24-42(8,35(52)56-32-30-13-31-33(32)57-37(54)46(31,20-30)47(48,49)50)21-38(2,3)34(51)59-45-19-29-14-40(6,23-45)22-44(55,18-29)25-45/h26-33,55H,9-25H2,1-8H3. The number of fused-ring (bicyclic) bond motifs is 1. The van der Waals surface area contributed by atoms with E-state index in [0.717, 1.165) is 25.7 Å². The molecule has 1 N–H and O–H groups in total. The van der Waals surface area contributed by atoms with Gasteiger partial charge in [-0.25, -0.2) is 0 Å². The van der Waals surface area contributed by atoms with Crippen molar-refractivity contribution in [3.63, 3.8) is 0 Å². The normalized spacial score (nSPS) is 45.9. The zero-order valence-corrected chi connectivity index (χ0v) is 36.5. The zero-order chi connectivity index (χ0) is 42.8. The molecular weight excluding hydrogens is 766 g/mol. The Labute approximate surface area is 347 Å². The van der Waals surface area contributed by atoms with Crippen LogP contribution in [0, 0.1) is 68.0 Å². The van der Waals surface area contributed by atoms with Crippen LogP contribution in [-0.2, 0) is 38.1 Å². The van der Waals surface area contributed by atoms with Crippen molar-refractivity contribution in [2.24, 2.45) is 68.0 Å². The van der Waals surface area contributed by atoms with Crippen LogP contribution in [0.15, 0.2) is 0 Å². The van der Waals surface area contributed by atoms with Crippen LogP contribution in [0.25, 0.3) is 0 Å². The third-order valence-electron chi connectivity index (χ3n) is 18.5. The maximum Gasteiger partial charge on any atom is 0.405 e. The second-order valence-electron chi connectivity index (χ2n) is 24.4. The highest BCUT2D eigenvalue weighted by Crippen LogP contribution is 2.69. The third kappa shape index (κ3) is 6.28. The van der Waals surface area contributed by atoms with Crippen molar-refractivity contribution in [1.29, 1.82) is 0 Å². The fourth-order valence-electron chi connectivity index (χ4n) is 16.8. The Balaban J connectivity index is 0.986. The predicted molar refractivity (Wildman–Crippen MR) is 208 cm³/mol. The number of carbonyl (C=O) groups is 4. The molecule has 9 nitrogen and oxygen atoms in total. The molecule has 11 rings (SSSR count). The minimum atomic E-state index is -4.79. The average Bonchev–Trinajstić information content (AvgIpc) is 3.68. The van der Waals surface area contributed by atoms with Gasteiger partial charge in [-0.15, -0.1) is 0 Å². The van der Waals surface area contributed by atoms with Crippen molar-refractivity contribution in [3.05, 3.63) is 0 Å².